The number of ether oxygens (including phenoxy) is 1. The molecule has 0 amide bonds. The lowest BCUT2D eigenvalue weighted by Crippen LogP contribution is -2.15. The van der Waals surface area contributed by atoms with Gasteiger partial charge in [-0.2, -0.15) is 0 Å². The monoisotopic (exact) mass is 334 g/mol. The fourth-order valence-corrected chi connectivity index (χ4v) is 3.86. The number of carbonyl (C=O) groups excluding carboxylic acids is 1. The smallest absolute Gasteiger partial charge is 0.308 e. The Morgan fingerprint density at radius 3 is 2.30 bits per heavy atom. The normalized spacial score (nSPS) is 12.7. The molecule has 0 saturated carbocycles. The van der Waals surface area contributed by atoms with E-state index in [-0.39, 0.29) is 4.90 Å². The fraction of sp³-hybridized carbons (Fsp3) is 0.235. The predicted octanol–water partition coefficient (Wildman–Crippen LogP) is 2.43. The van der Waals surface area contributed by atoms with Crippen molar-refractivity contribution in [1.29, 1.82) is 0 Å². The molecule has 0 fully saturated rings. The third-order valence-electron chi connectivity index (χ3n) is 3.33. The third kappa shape index (κ3) is 4.40. The van der Waals surface area contributed by atoms with Crippen LogP contribution in [0, 0.1) is 6.92 Å². The Kier molecular flexibility index (Phi) is 5.18. The summed E-state index contributed by atoms with van der Waals surface area (Å²) in [6, 6.07) is 12.8. The minimum atomic E-state index is -3.60. The lowest BCUT2D eigenvalue weighted by molar-refractivity contribution is -0.131. The number of esters is 1. The molecule has 0 radical (unpaired) electrons. The van der Waals surface area contributed by atoms with Gasteiger partial charge in [0, 0.05) is 6.92 Å². The Morgan fingerprint density at radius 1 is 1.13 bits per heavy atom. The van der Waals surface area contributed by atoms with Gasteiger partial charge in [-0.3, -0.25) is 4.79 Å². The number of benzene rings is 2. The molecule has 0 bridgehead atoms. The molecule has 1 atom stereocenters. The number of aliphatic hydroxyl groups is 1. The SMILES string of the molecule is CC(=O)Oc1ccc(C(O)CS(=O)(=O)c2ccccc2C)cc1. The molecule has 1 N–H and O–H groups in total. The largest absolute Gasteiger partial charge is 0.427 e. The molecular formula is C17H18O5S. The quantitative estimate of drug-likeness (QED) is 0.671. The Morgan fingerprint density at radius 2 is 1.74 bits per heavy atom. The topological polar surface area (TPSA) is 80.7 Å². The first-order valence-corrected chi connectivity index (χ1v) is 8.69. The van der Waals surface area contributed by atoms with Crippen LogP contribution in [0.4, 0.5) is 0 Å². The first-order chi connectivity index (χ1) is 10.8. The van der Waals surface area contributed by atoms with E-state index in [1.54, 1.807) is 25.1 Å². The molecule has 0 aromatic heterocycles. The van der Waals surface area contributed by atoms with Crippen LogP contribution in [0.5, 0.6) is 5.75 Å². The van der Waals surface area contributed by atoms with E-state index in [0.717, 1.165) is 0 Å². The maximum absolute atomic E-state index is 12.4. The number of aryl methyl sites for hydroxylation is 1. The lowest BCUT2D eigenvalue weighted by atomic mass is 10.1. The zero-order chi connectivity index (χ0) is 17.0. The van der Waals surface area contributed by atoms with Crippen LogP contribution < -0.4 is 4.74 Å². The van der Waals surface area contributed by atoms with Gasteiger partial charge in [-0.1, -0.05) is 30.3 Å². The van der Waals surface area contributed by atoms with Gasteiger partial charge in [0.2, 0.25) is 0 Å². The Balaban J connectivity index is 2.16. The van der Waals surface area contributed by atoms with Gasteiger partial charge in [0.15, 0.2) is 9.84 Å². The highest BCUT2D eigenvalue weighted by Gasteiger charge is 2.22. The van der Waals surface area contributed by atoms with Crippen molar-refractivity contribution in [2.75, 3.05) is 5.75 Å². The molecule has 0 heterocycles. The summed E-state index contributed by atoms with van der Waals surface area (Å²) in [7, 11) is -3.60. The van der Waals surface area contributed by atoms with Gasteiger partial charge in [0.1, 0.15) is 5.75 Å². The first-order valence-electron chi connectivity index (χ1n) is 7.04. The minimum absolute atomic E-state index is 0.218. The minimum Gasteiger partial charge on any atom is -0.427 e. The van der Waals surface area contributed by atoms with Gasteiger partial charge in [0.25, 0.3) is 0 Å². The molecule has 5 nitrogen and oxygen atoms in total. The van der Waals surface area contributed by atoms with Gasteiger partial charge in [0.05, 0.1) is 16.8 Å². The molecule has 0 saturated heterocycles. The van der Waals surface area contributed by atoms with Gasteiger partial charge in [-0.15, -0.1) is 0 Å². The molecule has 0 aliphatic heterocycles. The molecule has 2 aromatic carbocycles. The predicted molar refractivity (Wildman–Crippen MR) is 85.9 cm³/mol. The second-order valence-electron chi connectivity index (χ2n) is 5.23. The van der Waals surface area contributed by atoms with Crippen LogP contribution >= 0.6 is 0 Å². The molecular weight excluding hydrogens is 316 g/mol. The highest BCUT2D eigenvalue weighted by atomic mass is 32.2. The maximum atomic E-state index is 12.4. The summed E-state index contributed by atoms with van der Waals surface area (Å²) in [5.74, 6) is -0.513. The number of rotatable bonds is 5. The summed E-state index contributed by atoms with van der Waals surface area (Å²) in [5, 5.41) is 10.2. The number of hydrogen-bond donors (Lipinski definition) is 1. The summed E-state index contributed by atoms with van der Waals surface area (Å²) < 4.78 is 29.7. The van der Waals surface area contributed by atoms with Crippen molar-refractivity contribution in [3.05, 3.63) is 59.7 Å². The highest BCUT2D eigenvalue weighted by molar-refractivity contribution is 7.91. The van der Waals surface area contributed by atoms with Crippen molar-refractivity contribution in [1.82, 2.24) is 0 Å². The third-order valence-corrected chi connectivity index (χ3v) is 5.22. The second-order valence-corrected chi connectivity index (χ2v) is 7.23. The summed E-state index contributed by atoms with van der Waals surface area (Å²) in [5.41, 5.74) is 1.09. The number of hydrogen-bond acceptors (Lipinski definition) is 5. The average Bonchev–Trinajstić information content (AvgIpc) is 2.47. The van der Waals surface area contributed by atoms with Crippen LogP contribution in [0.25, 0.3) is 0 Å². The zero-order valence-corrected chi connectivity index (χ0v) is 13.7. The van der Waals surface area contributed by atoms with Crippen LogP contribution in [0.1, 0.15) is 24.2 Å². The van der Waals surface area contributed by atoms with Crippen molar-refractivity contribution in [3.63, 3.8) is 0 Å². The molecule has 23 heavy (non-hydrogen) atoms. The molecule has 0 spiro atoms. The van der Waals surface area contributed by atoms with E-state index in [2.05, 4.69) is 0 Å². The molecule has 6 heteroatoms. The van der Waals surface area contributed by atoms with Gasteiger partial charge in [-0.05, 0) is 36.2 Å². The van der Waals surface area contributed by atoms with E-state index in [0.29, 0.717) is 16.9 Å². The van der Waals surface area contributed by atoms with Crippen LogP contribution in [0.15, 0.2) is 53.4 Å². The van der Waals surface area contributed by atoms with Crippen molar-refractivity contribution in [3.8, 4) is 5.75 Å². The van der Waals surface area contributed by atoms with E-state index < -0.39 is 27.7 Å². The lowest BCUT2D eigenvalue weighted by Gasteiger charge is -2.13. The summed E-state index contributed by atoms with van der Waals surface area (Å²) in [4.78, 5) is 11.1. The van der Waals surface area contributed by atoms with E-state index in [1.165, 1.54) is 37.3 Å². The summed E-state index contributed by atoms with van der Waals surface area (Å²) in [6.07, 6.45) is -1.16. The molecule has 1 unspecified atom stereocenters. The Bertz CT molecular complexity index is 794. The van der Waals surface area contributed by atoms with E-state index in [9.17, 15) is 18.3 Å². The second kappa shape index (κ2) is 6.93. The molecule has 122 valence electrons. The van der Waals surface area contributed by atoms with Crippen LogP contribution in [0.3, 0.4) is 0 Å². The number of sulfone groups is 1. The van der Waals surface area contributed by atoms with Crippen LogP contribution in [-0.4, -0.2) is 25.2 Å². The Labute approximate surface area is 135 Å². The maximum Gasteiger partial charge on any atom is 0.308 e. The average molecular weight is 334 g/mol. The van der Waals surface area contributed by atoms with Crippen molar-refractivity contribution < 1.29 is 23.1 Å². The number of aliphatic hydroxyl groups excluding tert-OH is 1. The van der Waals surface area contributed by atoms with E-state index in [4.69, 9.17) is 4.74 Å². The van der Waals surface area contributed by atoms with Crippen molar-refractivity contribution in [2.24, 2.45) is 0 Å². The van der Waals surface area contributed by atoms with Crippen molar-refractivity contribution in [2.45, 2.75) is 24.8 Å². The molecule has 0 aliphatic rings. The van der Waals surface area contributed by atoms with Crippen molar-refractivity contribution >= 4 is 15.8 Å². The Hall–Kier alpha value is -2.18. The summed E-state index contributed by atoms with van der Waals surface area (Å²) >= 11 is 0. The summed E-state index contributed by atoms with van der Waals surface area (Å²) in [6.45, 7) is 3.00. The fourth-order valence-electron chi connectivity index (χ4n) is 2.22. The van der Waals surface area contributed by atoms with Crippen LogP contribution in [-0.2, 0) is 14.6 Å². The van der Waals surface area contributed by atoms with E-state index >= 15 is 0 Å². The standard InChI is InChI=1S/C17H18O5S/c1-12-5-3-4-6-17(12)23(20,21)11-16(19)14-7-9-15(10-8-14)22-13(2)18/h3-10,16,19H,11H2,1-2H3. The van der Waals surface area contributed by atoms with Gasteiger partial charge in [-0.25, -0.2) is 8.42 Å². The van der Waals surface area contributed by atoms with Crippen LogP contribution in [0.2, 0.25) is 0 Å². The van der Waals surface area contributed by atoms with E-state index in [1.807, 2.05) is 0 Å². The molecule has 2 aromatic rings. The van der Waals surface area contributed by atoms with Gasteiger partial charge >= 0.3 is 5.97 Å². The molecule has 0 aliphatic carbocycles. The zero-order valence-electron chi connectivity index (χ0n) is 12.9. The molecule has 2 rings (SSSR count). The first kappa shape index (κ1) is 17.2. The number of carbonyl (C=O) groups is 1. The van der Waals surface area contributed by atoms with Gasteiger partial charge < -0.3 is 9.84 Å². The highest BCUT2D eigenvalue weighted by Crippen LogP contribution is 2.23.